The third kappa shape index (κ3) is 4.50. The van der Waals surface area contributed by atoms with Crippen molar-refractivity contribution in [2.45, 2.75) is 25.4 Å². The Labute approximate surface area is 176 Å². The monoisotopic (exact) mass is 409 g/mol. The highest BCUT2D eigenvalue weighted by atomic mass is 16.5. The van der Waals surface area contributed by atoms with Crippen molar-refractivity contribution in [2.75, 3.05) is 43.5 Å². The predicted octanol–water partition coefficient (Wildman–Crippen LogP) is 2.91. The Morgan fingerprint density at radius 3 is 2.53 bits per heavy atom. The van der Waals surface area contributed by atoms with Gasteiger partial charge >= 0.3 is 0 Å². The lowest BCUT2D eigenvalue weighted by Crippen LogP contribution is -2.52. The third-order valence-corrected chi connectivity index (χ3v) is 5.51. The topological polar surface area (TPSA) is 71.1 Å². The van der Waals surface area contributed by atoms with Crippen LogP contribution in [0.3, 0.4) is 0 Å². The van der Waals surface area contributed by atoms with Crippen molar-refractivity contribution < 1.29 is 19.1 Å². The molecule has 2 aliphatic heterocycles. The fourth-order valence-corrected chi connectivity index (χ4v) is 3.95. The van der Waals surface area contributed by atoms with Crippen LogP contribution >= 0.6 is 0 Å². The molecule has 1 saturated heterocycles. The Morgan fingerprint density at radius 2 is 1.80 bits per heavy atom. The van der Waals surface area contributed by atoms with Gasteiger partial charge in [0.25, 0.3) is 5.91 Å². The number of methoxy groups -OCH3 is 1. The van der Waals surface area contributed by atoms with E-state index in [9.17, 15) is 9.59 Å². The van der Waals surface area contributed by atoms with E-state index in [-0.39, 0.29) is 18.4 Å². The van der Waals surface area contributed by atoms with E-state index < -0.39 is 6.10 Å². The molecule has 0 radical (unpaired) electrons. The van der Waals surface area contributed by atoms with Gasteiger partial charge in [0.2, 0.25) is 5.91 Å². The highest BCUT2D eigenvalue weighted by Crippen LogP contribution is 2.33. The molecule has 7 nitrogen and oxygen atoms in total. The summed E-state index contributed by atoms with van der Waals surface area (Å²) < 4.78 is 11.2. The van der Waals surface area contributed by atoms with Gasteiger partial charge in [0.15, 0.2) is 6.10 Å². The van der Waals surface area contributed by atoms with E-state index in [2.05, 4.69) is 5.32 Å². The molecule has 0 aliphatic carbocycles. The van der Waals surface area contributed by atoms with Crippen LogP contribution in [-0.4, -0.2) is 56.1 Å². The van der Waals surface area contributed by atoms with Crippen molar-refractivity contribution in [2.24, 2.45) is 0 Å². The van der Waals surface area contributed by atoms with Crippen LogP contribution in [0.1, 0.15) is 19.3 Å². The highest BCUT2D eigenvalue weighted by Gasteiger charge is 2.34. The number of benzene rings is 2. The highest BCUT2D eigenvalue weighted by molar-refractivity contribution is 5.95. The first-order valence-electron chi connectivity index (χ1n) is 10.4. The molecule has 1 N–H and O–H groups in total. The quantitative estimate of drug-likeness (QED) is 0.822. The lowest BCUT2D eigenvalue weighted by molar-refractivity contribution is -0.139. The molecule has 1 atom stereocenters. The zero-order chi connectivity index (χ0) is 20.9. The van der Waals surface area contributed by atoms with Gasteiger partial charge in [-0.1, -0.05) is 12.1 Å². The maximum absolute atomic E-state index is 13.0. The number of carbonyl (C=O) groups is 2. The molecule has 2 heterocycles. The van der Waals surface area contributed by atoms with Crippen molar-refractivity contribution in [3.8, 4) is 11.5 Å². The number of nitrogens with one attached hydrogen (secondary N) is 1. The van der Waals surface area contributed by atoms with Gasteiger partial charge in [0.1, 0.15) is 11.5 Å². The second kappa shape index (κ2) is 9.07. The molecule has 0 saturated carbocycles. The SMILES string of the molecule is COc1ccc(NC(=O)CN2C[C@H](C(=O)N3CCCCC3)Oc3ccccc32)cc1. The van der Waals surface area contributed by atoms with Crippen molar-refractivity contribution in [3.63, 3.8) is 0 Å². The second-order valence-corrected chi connectivity index (χ2v) is 7.62. The van der Waals surface area contributed by atoms with Gasteiger partial charge in [0.05, 0.1) is 25.9 Å². The molecule has 158 valence electrons. The minimum Gasteiger partial charge on any atom is -0.497 e. The Bertz CT molecular complexity index is 894. The molecular formula is C23H27N3O4. The predicted molar refractivity (Wildman–Crippen MR) is 115 cm³/mol. The number of ether oxygens (including phenoxy) is 2. The Kier molecular flexibility index (Phi) is 6.07. The van der Waals surface area contributed by atoms with E-state index in [0.29, 0.717) is 18.0 Å². The lowest BCUT2D eigenvalue weighted by atomic mass is 10.1. The molecule has 0 bridgehead atoms. The molecule has 0 spiro atoms. The molecule has 2 aliphatic rings. The van der Waals surface area contributed by atoms with Crippen LogP contribution in [0.2, 0.25) is 0 Å². The average Bonchev–Trinajstić information content (AvgIpc) is 2.79. The molecule has 7 heteroatoms. The van der Waals surface area contributed by atoms with Crippen LogP contribution in [0, 0.1) is 0 Å². The molecule has 2 aromatic carbocycles. The van der Waals surface area contributed by atoms with Crippen LogP contribution in [-0.2, 0) is 9.59 Å². The Morgan fingerprint density at radius 1 is 1.07 bits per heavy atom. The number of amides is 2. The number of carbonyl (C=O) groups excluding carboxylic acids is 2. The standard InChI is InChI=1S/C23H27N3O4/c1-29-18-11-9-17(10-12-18)24-22(27)16-26-15-21(23(28)25-13-5-2-6-14-25)30-20-8-4-3-7-19(20)26/h3-4,7-12,21H,2,5-6,13-16H2,1H3,(H,24,27)/t21-/m1/s1. The normalized spacial score (nSPS) is 18.2. The summed E-state index contributed by atoms with van der Waals surface area (Å²) >= 11 is 0. The van der Waals surface area contributed by atoms with E-state index in [1.807, 2.05) is 34.1 Å². The molecule has 30 heavy (non-hydrogen) atoms. The minimum absolute atomic E-state index is 0.00441. The molecule has 4 rings (SSSR count). The number of piperidine rings is 1. The Hall–Kier alpha value is -3.22. The van der Waals surface area contributed by atoms with Crippen LogP contribution in [0.5, 0.6) is 11.5 Å². The number of hydrogen-bond donors (Lipinski definition) is 1. The van der Waals surface area contributed by atoms with Gasteiger partial charge in [-0.2, -0.15) is 0 Å². The van der Waals surface area contributed by atoms with Crippen LogP contribution in [0.15, 0.2) is 48.5 Å². The first-order valence-corrected chi connectivity index (χ1v) is 10.4. The van der Waals surface area contributed by atoms with Gasteiger partial charge in [0, 0.05) is 18.8 Å². The maximum atomic E-state index is 13.0. The van der Waals surface area contributed by atoms with Crippen LogP contribution < -0.4 is 19.7 Å². The van der Waals surface area contributed by atoms with E-state index in [1.165, 1.54) is 0 Å². The summed E-state index contributed by atoms with van der Waals surface area (Å²) in [6.07, 6.45) is 2.62. The number of likely N-dealkylation sites (tertiary alicyclic amines) is 1. The average molecular weight is 409 g/mol. The summed E-state index contributed by atoms with van der Waals surface area (Å²) in [6.45, 7) is 2.04. The summed E-state index contributed by atoms with van der Waals surface area (Å²) in [5, 5.41) is 2.91. The van der Waals surface area contributed by atoms with E-state index in [1.54, 1.807) is 31.4 Å². The number of fused-ring (bicyclic) bond motifs is 1. The zero-order valence-corrected chi connectivity index (χ0v) is 17.2. The number of hydrogen-bond acceptors (Lipinski definition) is 5. The fraction of sp³-hybridized carbons (Fsp3) is 0.391. The fourth-order valence-electron chi connectivity index (χ4n) is 3.95. The summed E-state index contributed by atoms with van der Waals surface area (Å²) in [5.41, 5.74) is 1.52. The molecule has 2 amide bonds. The molecule has 0 unspecified atom stereocenters. The van der Waals surface area contributed by atoms with Crippen LogP contribution in [0.4, 0.5) is 11.4 Å². The number of rotatable bonds is 5. The summed E-state index contributed by atoms with van der Waals surface area (Å²) in [5.74, 6) is 1.22. The number of anilines is 2. The van der Waals surface area contributed by atoms with Crippen molar-refractivity contribution in [1.29, 1.82) is 0 Å². The van der Waals surface area contributed by atoms with E-state index in [4.69, 9.17) is 9.47 Å². The first kappa shape index (κ1) is 20.1. The summed E-state index contributed by atoms with van der Waals surface area (Å²) in [6, 6.07) is 14.7. The van der Waals surface area contributed by atoms with E-state index in [0.717, 1.165) is 43.8 Å². The number of para-hydroxylation sites is 2. The minimum atomic E-state index is -0.605. The molecule has 1 fully saturated rings. The van der Waals surface area contributed by atoms with Crippen LogP contribution in [0.25, 0.3) is 0 Å². The van der Waals surface area contributed by atoms with Gasteiger partial charge in [-0.05, 0) is 55.7 Å². The third-order valence-electron chi connectivity index (χ3n) is 5.51. The number of nitrogens with zero attached hydrogens (tertiary/aromatic N) is 2. The summed E-state index contributed by atoms with van der Waals surface area (Å²) in [7, 11) is 1.60. The van der Waals surface area contributed by atoms with Gasteiger partial charge in [-0.25, -0.2) is 0 Å². The maximum Gasteiger partial charge on any atom is 0.265 e. The van der Waals surface area contributed by atoms with Crippen molar-refractivity contribution >= 4 is 23.2 Å². The molecule has 0 aromatic heterocycles. The van der Waals surface area contributed by atoms with Gasteiger partial charge < -0.3 is 24.6 Å². The first-order chi connectivity index (χ1) is 14.6. The van der Waals surface area contributed by atoms with E-state index >= 15 is 0 Å². The van der Waals surface area contributed by atoms with Crippen molar-refractivity contribution in [1.82, 2.24) is 4.90 Å². The van der Waals surface area contributed by atoms with Gasteiger partial charge in [-0.15, -0.1) is 0 Å². The second-order valence-electron chi connectivity index (χ2n) is 7.62. The zero-order valence-electron chi connectivity index (χ0n) is 17.2. The summed E-state index contributed by atoms with van der Waals surface area (Å²) in [4.78, 5) is 29.5. The largest absolute Gasteiger partial charge is 0.497 e. The Balaban J connectivity index is 1.46. The molecule has 2 aromatic rings. The smallest absolute Gasteiger partial charge is 0.265 e. The molecular weight excluding hydrogens is 382 g/mol. The lowest BCUT2D eigenvalue weighted by Gasteiger charge is -2.38. The van der Waals surface area contributed by atoms with Gasteiger partial charge in [-0.3, -0.25) is 9.59 Å². The van der Waals surface area contributed by atoms with Crippen molar-refractivity contribution in [3.05, 3.63) is 48.5 Å².